The molecule has 0 aliphatic carbocycles. The fraction of sp³-hybridized carbons (Fsp3) is 0.412. The van der Waals surface area contributed by atoms with Gasteiger partial charge in [-0.25, -0.2) is 0 Å². The molecule has 0 spiro atoms. The highest BCUT2D eigenvalue weighted by atomic mass is 35.5. The zero-order valence-electron chi connectivity index (χ0n) is 13.2. The van der Waals surface area contributed by atoms with E-state index in [4.69, 9.17) is 4.74 Å². The molecule has 2 aliphatic heterocycles. The number of rotatable bonds is 2. The third kappa shape index (κ3) is 3.32. The van der Waals surface area contributed by atoms with E-state index in [0.717, 1.165) is 43.1 Å². The lowest BCUT2D eigenvalue weighted by atomic mass is 10.0. The summed E-state index contributed by atoms with van der Waals surface area (Å²) in [5, 5.41) is 3.38. The molecule has 24 heavy (non-hydrogen) atoms. The highest BCUT2D eigenvalue weighted by molar-refractivity contribution is 7.14. The number of carbonyl (C=O) groups is 1. The van der Waals surface area contributed by atoms with Crippen LogP contribution in [0.15, 0.2) is 30.6 Å². The van der Waals surface area contributed by atoms with Crippen molar-refractivity contribution in [1.29, 1.82) is 0 Å². The van der Waals surface area contributed by atoms with Gasteiger partial charge in [0.05, 0.1) is 24.1 Å². The number of ether oxygens (including phenoxy) is 1. The summed E-state index contributed by atoms with van der Waals surface area (Å²) in [6.45, 7) is 3.71. The molecule has 1 fully saturated rings. The first-order valence-corrected chi connectivity index (χ1v) is 8.75. The molecular formula is C17H20ClN3O2S. The van der Waals surface area contributed by atoms with Gasteiger partial charge in [-0.05, 0) is 23.3 Å². The lowest BCUT2D eigenvalue weighted by Gasteiger charge is -2.36. The summed E-state index contributed by atoms with van der Waals surface area (Å²) in [5.74, 6) is 0.125. The quantitative estimate of drug-likeness (QED) is 0.888. The molecule has 2 aliphatic rings. The molecule has 1 N–H and O–H groups in total. The number of nitrogens with zero attached hydrogens (tertiary/aromatic N) is 2. The number of aromatic nitrogens is 1. The topological polar surface area (TPSA) is 54.5 Å². The summed E-state index contributed by atoms with van der Waals surface area (Å²) in [6, 6.07) is 6.02. The van der Waals surface area contributed by atoms with Gasteiger partial charge in [-0.15, -0.1) is 23.7 Å². The van der Waals surface area contributed by atoms with Crippen LogP contribution in [0.5, 0.6) is 0 Å². The van der Waals surface area contributed by atoms with Crippen molar-refractivity contribution in [3.63, 3.8) is 0 Å². The lowest BCUT2D eigenvalue weighted by Crippen LogP contribution is -2.48. The molecular weight excluding hydrogens is 346 g/mol. The zero-order chi connectivity index (χ0) is 15.6. The van der Waals surface area contributed by atoms with E-state index in [9.17, 15) is 4.79 Å². The highest BCUT2D eigenvalue weighted by Gasteiger charge is 2.30. The number of fused-ring (bicyclic) bond motifs is 1. The number of nitrogens with one attached hydrogen (secondary N) is 1. The van der Waals surface area contributed by atoms with Crippen LogP contribution in [-0.2, 0) is 17.8 Å². The molecule has 1 saturated heterocycles. The molecule has 1 unspecified atom stereocenters. The third-order valence-corrected chi connectivity index (χ3v) is 5.64. The number of amides is 1. The standard InChI is InChI=1S/C17H19N3O2S.ClH/c21-17(16-8-13-11-22-7-3-15(13)23-16)20-6-5-19-10-14(20)12-2-1-4-18-9-12;/h1-2,4,8-9,14,19H,3,5-7,10-11H2;1H. The Morgan fingerprint density at radius 3 is 3.17 bits per heavy atom. The van der Waals surface area contributed by atoms with Crippen LogP contribution in [-0.4, -0.2) is 42.0 Å². The predicted molar refractivity (Wildman–Crippen MR) is 95.8 cm³/mol. The van der Waals surface area contributed by atoms with Gasteiger partial charge in [-0.2, -0.15) is 0 Å². The molecule has 4 heterocycles. The van der Waals surface area contributed by atoms with Gasteiger partial charge in [0.25, 0.3) is 5.91 Å². The normalized spacial score (nSPS) is 20.2. The smallest absolute Gasteiger partial charge is 0.264 e. The van der Waals surface area contributed by atoms with Crippen LogP contribution in [0.1, 0.15) is 31.7 Å². The van der Waals surface area contributed by atoms with Gasteiger partial charge in [0.15, 0.2) is 0 Å². The molecule has 0 bridgehead atoms. The van der Waals surface area contributed by atoms with Crippen molar-refractivity contribution in [2.75, 3.05) is 26.2 Å². The zero-order valence-corrected chi connectivity index (χ0v) is 14.9. The summed E-state index contributed by atoms with van der Waals surface area (Å²) in [5.41, 5.74) is 2.26. The minimum Gasteiger partial charge on any atom is -0.376 e. The van der Waals surface area contributed by atoms with Crippen LogP contribution in [0.2, 0.25) is 0 Å². The molecule has 0 radical (unpaired) electrons. The number of pyridine rings is 1. The average molecular weight is 366 g/mol. The summed E-state index contributed by atoms with van der Waals surface area (Å²) >= 11 is 1.63. The molecule has 4 rings (SSSR count). The Labute approximate surface area is 151 Å². The largest absolute Gasteiger partial charge is 0.376 e. The average Bonchev–Trinajstić information content (AvgIpc) is 3.06. The number of piperazine rings is 1. The molecule has 128 valence electrons. The van der Waals surface area contributed by atoms with Crippen LogP contribution in [0.3, 0.4) is 0 Å². The van der Waals surface area contributed by atoms with Crippen molar-refractivity contribution in [3.05, 3.63) is 51.5 Å². The number of hydrogen-bond donors (Lipinski definition) is 1. The number of thiophene rings is 1. The fourth-order valence-corrected chi connectivity index (χ4v) is 4.32. The summed E-state index contributed by atoms with van der Waals surface area (Å²) in [6.07, 6.45) is 4.53. The Kier molecular flexibility index (Phi) is 5.50. The van der Waals surface area contributed by atoms with Gasteiger partial charge in [0.1, 0.15) is 0 Å². The molecule has 2 aromatic rings. The van der Waals surface area contributed by atoms with E-state index in [0.29, 0.717) is 6.61 Å². The first-order valence-electron chi connectivity index (χ1n) is 7.94. The minimum absolute atomic E-state index is 0. The van der Waals surface area contributed by atoms with Crippen molar-refractivity contribution in [2.45, 2.75) is 19.1 Å². The lowest BCUT2D eigenvalue weighted by molar-refractivity contribution is 0.0639. The molecule has 2 aromatic heterocycles. The maximum absolute atomic E-state index is 13.0. The van der Waals surface area contributed by atoms with Crippen molar-refractivity contribution < 1.29 is 9.53 Å². The van der Waals surface area contributed by atoms with E-state index in [1.807, 2.05) is 29.3 Å². The van der Waals surface area contributed by atoms with E-state index < -0.39 is 0 Å². The second kappa shape index (κ2) is 7.61. The second-order valence-electron chi connectivity index (χ2n) is 5.87. The summed E-state index contributed by atoms with van der Waals surface area (Å²) in [4.78, 5) is 21.4. The van der Waals surface area contributed by atoms with E-state index in [2.05, 4.69) is 10.3 Å². The van der Waals surface area contributed by atoms with Crippen molar-refractivity contribution in [2.24, 2.45) is 0 Å². The predicted octanol–water partition coefficient (Wildman–Crippen LogP) is 2.42. The Balaban J connectivity index is 0.00000169. The fourth-order valence-electron chi connectivity index (χ4n) is 3.21. The highest BCUT2D eigenvalue weighted by Crippen LogP contribution is 2.30. The van der Waals surface area contributed by atoms with Crippen molar-refractivity contribution >= 4 is 29.7 Å². The van der Waals surface area contributed by atoms with E-state index in [1.165, 1.54) is 10.4 Å². The van der Waals surface area contributed by atoms with Gasteiger partial charge in [0.2, 0.25) is 0 Å². The first-order chi connectivity index (χ1) is 11.3. The van der Waals surface area contributed by atoms with E-state index in [1.54, 1.807) is 17.5 Å². The van der Waals surface area contributed by atoms with Crippen LogP contribution in [0, 0.1) is 0 Å². The monoisotopic (exact) mass is 365 g/mol. The van der Waals surface area contributed by atoms with Gasteiger partial charge in [0, 0.05) is 43.3 Å². The SMILES string of the molecule is Cl.O=C(c1cc2c(s1)CCOC2)N1CCNCC1c1cccnc1. The molecule has 7 heteroatoms. The summed E-state index contributed by atoms with van der Waals surface area (Å²) < 4.78 is 5.49. The third-order valence-electron chi connectivity index (χ3n) is 4.41. The number of hydrogen-bond acceptors (Lipinski definition) is 5. The first kappa shape index (κ1) is 17.4. The van der Waals surface area contributed by atoms with E-state index in [-0.39, 0.29) is 24.4 Å². The van der Waals surface area contributed by atoms with Crippen LogP contribution >= 0.6 is 23.7 Å². The summed E-state index contributed by atoms with van der Waals surface area (Å²) in [7, 11) is 0. The second-order valence-corrected chi connectivity index (χ2v) is 7.00. The number of carbonyl (C=O) groups excluding carboxylic acids is 1. The maximum atomic E-state index is 13.0. The van der Waals surface area contributed by atoms with Crippen LogP contribution < -0.4 is 5.32 Å². The molecule has 0 saturated carbocycles. The van der Waals surface area contributed by atoms with Crippen LogP contribution in [0.4, 0.5) is 0 Å². The molecule has 1 amide bonds. The molecule has 0 aromatic carbocycles. The van der Waals surface area contributed by atoms with Gasteiger partial charge < -0.3 is 15.0 Å². The molecule has 1 atom stereocenters. The number of halogens is 1. The maximum Gasteiger partial charge on any atom is 0.264 e. The van der Waals surface area contributed by atoms with Gasteiger partial charge >= 0.3 is 0 Å². The van der Waals surface area contributed by atoms with Crippen molar-refractivity contribution in [1.82, 2.24) is 15.2 Å². The minimum atomic E-state index is 0. The van der Waals surface area contributed by atoms with Gasteiger partial charge in [-0.1, -0.05) is 6.07 Å². The molecule has 5 nitrogen and oxygen atoms in total. The Morgan fingerprint density at radius 2 is 2.38 bits per heavy atom. The Morgan fingerprint density at radius 1 is 1.46 bits per heavy atom. The van der Waals surface area contributed by atoms with E-state index >= 15 is 0 Å². The van der Waals surface area contributed by atoms with Crippen LogP contribution in [0.25, 0.3) is 0 Å². The van der Waals surface area contributed by atoms with Crippen molar-refractivity contribution in [3.8, 4) is 0 Å². The Bertz CT molecular complexity index is 684. The Hall–Kier alpha value is -1.47. The van der Waals surface area contributed by atoms with Gasteiger partial charge in [-0.3, -0.25) is 9.78 Å².